The normalized spacial score (nSPS) is 9.86. The van der Waals surface area contributed by atoms with Crippen LogP contribution in [0.15, 0.2) is 18.2 Å². The number of nitrogens with zero attached hydrogens (tertiary/aromatic N) is 1. The van der Waals surface area contributed by atoms with Crippen molar-refractivity contribution >= 4 is 12.0 Å². The molecule has 0 radical (unpaired) electrons. The van der Waals surface area contributed by atoms with Crippen LogP contribution in [-0.4, -0.2) is 24.5 Å². The van der Waals surface area contributed by atoms with E-state index in [2.05, 4.69) is 0 Å². The van der Waals surface area contributed by atoms with Crippen LogP contribution in [0, 0.1) is 0 Å². The molecule has 1 rings (SSSR count). The zero-order valence-electron chi connectivity index (χ0n) is 8.53. The number of phenols is 1. The Kier molecular flexibility index (Phi) is 3.51. The molecule has 0 fully saturated rings. The minimum absolute atomic E-state index is 0.0752. The average Bonchev–Trinajstić information content (AvgIpc) is 2.22. The lowest BCUT2D eigenvalue weighted by molar-refractivity contribution is 0.112. The number of rotatable bonds is 4. The van der Waals surface area contributed by atoms with Gasteiger partial charge in [-0.25, -0.2) is 0 Å². The monoisotopic (exact) mass is 193 g/mol. The van der Waals surface area contributed by atoms with E-state index in [4.69, 9.17) is 0 Å². The SMILES string of the molecule is CCN(CC)c1cccc(C=O)c1O. The summed E-state index contributed by atoms with van der Waals surface area (Å²) >= 11 is 0. The molecule has 14 heavy (non-hydrogen) atoms. The van der Waals surface area contributed by atoms with E-state index in [0.29, 0.717) is 11.8 Å². The van der Waals surface area contributed by atoms with Crippen LogP contribution in [0.3, 0.4) is 0 Å². The van der Waals surface area contributed by atoms with Crippen molar-refractivity contribution in [3.63, 3.8) is 0 Å². The molecule has 0 aromatic heterocycles. The maximum absolute atomic E-state index is 10.6. The Labute approximate surface area is 84.0 Å². The van der Waals surface area contributed by atoms with E-state index >= 15 is 0 Å². The van der Waals surface area contributed by atoms with Gasteiger partial charge in [-0.3, -0.25) is 4.79 Å². The first-order chi connectivity index (χ1) is 6.74. The first kappa shape index (κ1) is 10.6. The van der Waals surface area contributed by atoms with E-state index in [1.807, 2.05) is 24.8 Å². The predicted octanol–water partition coefficient (Wildman–Crippen LogP) is 2.05. The van der Waals surface area contributed by atoms with Gasteiger partial charge in [0.25, 0.3) is 0 Å². The second-order valence-electron chi connectivity index (χ2n) is 3.01. The summed E-state index contributed by atoms with van der Waals surface area (Å²) in [5.74, 6) is 0.0752. The van der Waals surface area contributed by atoms with Crippen molar-refractivity contribution in [3.8, 4) is 5.75 Å². The number of anilines is 1. The zero-order chi connectivity index (χ0) is 10.6. The lowest BCUT2D eigenvalue weighted by atomic mass is 10.1. The summed E-state index contributed by atoms with van der Waals surface area (Å²) in [4.78, 5) is 12.6. The number of carbonyl (C=O) groups is 1. The van der Waals surface area contributed by atoms with Crippen molar-refractivity contribution in [2.75, 3.05) is 18.0 Å². The fourth-order valence-electron chi connectivity index (χ4n) is 1.46. The van der Waals surface area contributed by atoms with Crippen molar-refractivity contribution in [1.29, 1.82) is 0 Å². The molecule has 0 amide bonds. The standard InChI is InChI=1S/C11H15NO2/c1-3-12(4-2)10-7-5-6-9(8-13)11(10)14/h5-8,14H,3-4H2,1-2H3. The lowest BCUT2D eigenvalue weighted by Gasteiger charge is -2.22. The molecule has 0 saturated heterocycles. The van der Waals surface area contributed by atoms with Gasteiger partial charge in [-0.1, -0.05) is 6.07 Å². The molecule has 3 nitrogen and oxygen atoms in total. The Hall–Kier alpha value is -1.51. The lowest BCUT2D eigenvalue weighted by Crippen LogP contribution is -2.21. The molecule has 0 heterocycles. The van der Waals surface area contributed by atoms with Crippen molar-refractivity contribution < 1.29 is 9.90 Å². The summed E-state index contributed by atoms with van der Waals surface area (Å²) < 4.78 is 0. The van der Waals surface area contributed by atoms with Crippen molar-refractivity contribution in [2.24, 2.45) is 0 Å². The number of aldehydes is 1. The van der Waals surface area contributed by atoms with Crippen LogP contribution in [0.2, 0.25) is 0 Å². The van der Waals surface area contributed by atoms with E-state index in [0.717, 1.165) is 18.8 Å². The van der Waals surface area contributed by atoms with Crippen LogP contribution >= 0.6 is 0 Å². The Morgan fingerprint density at radius 3 is 2.50 bits per heavy atom. The number of carbonyl (C=O) groups excluding carboxylic acids is 1. The van der Waals surface area contributed by atoms with Crippen molar-refractivity contribution in [3.05, 3.63) is 23.8 Å². The van der Waals surface area contributed by atoms with Crippen LogP contribution in [0.5, 0.6) is 5.75 Å². The average molecular weight is 193 g/mol. The fourth-order valence-corrected chi connectivity index (χ4v) is 1.46. The molecule has 0 aliphatic carbocycles. The van der Waals surface area contributed by atoms with E-state index < -0.39 is 0 Å². The summed E-state index contributed by atoms with van der Waals surface area (Å²) in [6.45, 7) is 5.64. The Morgan fingerprint density at radius 1 is 1.36 bits per heavy atom. The summed E-state index contributed by atoms with van der Waals surface area (Å²) in [6, 6.07) is 5.20. The molecule has 0 saturated carbocycles. The summed E-state index contributed by atoms with van der Waals surface area (Å²) in [7, 11) is 0. The molecule has 0 aliphatic rings. The fraction of sp³-hybridized carbons (Fsp3) is 0.364. The molecular formula is C11H15NO2. The van der Waals surface area contributed by atoms with Gasteiger partial charge in [-0.2, -0.15) is 0 Å². The van der Waals surface area contributed by atoms with Gasteiger partial charge in [-0.15, -0.1) is 0 Å². The molecule has 0 bridgehead atoms. The molecule has 0 aliphatic heterocycles. The van der Waals surface area contributed by atoms with Gasteiger partial charge in [0, 0.05) is 13.1 Å². The highest BCUT2D eigenvalue weighted by Crippen LogP contribution is 2.29. The Morgan fingerprint density at radius 2 is 2.00 bits per heavy atom. The highest BCUT2D eigenvalue weighted by atomic mass is 16.3. The minimum Gasteiger partial charge on any atom is -0.505 e. The molecule has 1 aromatic rings. The van der Waals surface area contributed by atoms with Crippen molar-refractivity contribution in [2.45, 2.75) is 13.8 Å². The number of aromatic hydroxyl groups is 1. The van der Waals surface area contributed by atoms with E-state index in [1.54, 1.807) is 12.1 Å². The highest BCUT2D eigenvalue weighted by molar-refractivity contribution is 5.83. The molecule has 0 atom stereocenters. The molecule has 0 unspecified atom stereocenters. The first-order valence-corrected chi connectivity index (χ1v) is 4.76. The summed E-state index contributed by atoms with van der Waals surface area (Å²) in [6.07, 6.45) is 0.669. The zero-order valence-corrected chi connectivity index (χ0v) is 8.53. The molecule has 3 heteroatoms. The molecular weight excluding hydrogens is 178 g/mol. The quantitative estimate of drug-likeness (QED) is 0.744. The van der Waals surface area contributed by atoms with E-state index in [-0.39, 0.29) is 5.75 Å². The maximum atomic E-state index is 10.6. The third kappa shape index (κ3) is 1.87. The predicted molar refractivity (Wildman–Crippen MR) is 57.1 cm³/mol. The largest absolute Gasteiger partial charge is 0.505 e. The smallest absolute Gasteiger partial charge is 0.153 e. The van der Waals surface area contributed by atoms with Crippen LogP contribution in [0.4, 0.5) is 5.69 Å². The molecule has 0 spiro atoms. The summed E-state index contributed by atoms with van der Waals surface area (Å²) in [5.41, 5.74) is 1.06. The minimum atomic E-state index is 0.0752. The maximum Gasteiger partial charge on any atom is 0.153 e. The van der Waals surface area contributed by atoms with E-state index in [9.17, 15) is 9.90 Å². The first-order valence-electron chi connectivity index (χ1n) is 4.76. The van der Waals surface area contributed by atoms with Crippen molar-refractivity contribution in [1.82, 2.24) is 0 Å². The number of hydrogen-bond donors (Lipinski definition) is 1. The Balaban J connectivity index is 3.13. The molecule has 1 N–H and O–H groups in total. The van der Waals surface area contributed by atoms with Gasteiger partial charge in [-0.05, 0) is 26.0 Å². The van der Waals surface area contributed by atoms with Gasteiger partial charge < -0.3 is 10.0 Å². The summed E-state index contributed by atoms with van der Waals surface area (Å²) in [5, 5.41) is 9.75. The van der Waals surface area contributed by atoms with Crippen LogP contribution < -0.4 is 4.90 Å². The second kappa shape index (κ2) is 4.65. The molecule has 1 aromatic carbocycles. The van der Waals surface area contributed by atoms with Gasteiger partial charge in [0.05, 0.1) is 11.3 Å². The number of para-hydroxylation sites is 1. The topological polar surface area (TPSA) is 40.5 Å². The third-order valence-electron chi connectivity index (χ3n) is 2.28. The Bertz CT molecular complexity index is 319. The van der Waals surface area contributed by atoms with Crippen LogP contribution in [0.25, 0.3) is 0 Å². The van der Waals surface area contributed by atoms with Crippen LogP contribution in [0.1, 0.15) is 24.2 Å². The second-order valence-corrected chi connectivity index (χ2v) is 3.01. The number of phenolic OH excluding ortho intramolecular Hbond substituents is 1. The number of hydrogen-bond acceptors (Lipinski definition) is 3. The highest BCUT2D eigenvalue weighted by Gasteiger charge is 2.10. The van der Waals surface area contributed by atoms with Gasteiger partial charge in [0.1, 0.15) is 5.75 Å². The van der Waals surface area contributed by atoms with Crippen LogP contribution in [-0.2, 0) is 0 Å². The van der Waals surface area contributed by atoms with Gasteiger partial charge >= 0.3 is 0 Å². The number of benzene rings is 1. The van der Waals surface area contributed by atoms with Gasteiger partial charge in [0.15, 0.2) is 6.29 Å². The van der Waals surface area contributed by atoms with E-state index in [1.165, 1.54) is 0 Å². The molecule has 76 valence electrons. The third-order valence-corrected chi connectivity index (χ3v) is 2.28. The van der Waals surface area contributed by atoms with Gasteiger partial charge in [0.2, 0.25) is 0 Å².